The van der Waals surface area contributed by atoms with Crippen LogP contribution in [-0.2, 0) is 9.47 Å². The van der Waals surface area contributed by atoms with Crippen LogP contribution in [0.15, 0.2) is 23.9 Å². The van der Waals surface area contributed by atoms with Crippen molar-refractivity contribution in [3.8, 4) is 0 Å². The van der Waals surface area contributed by atoms with Gasteiger partial charge in [0.25, 0.3) is 0 Å². The van der Waals surface area contributed by atoms with Crippen molar-refractivity contribution in [2.75, 3.05) is 14.2 Å². The zero-order chi connectivity index (χ0) is 9.19. The Balaban J connectivity index is 2.81. The van der Waals surface area contributed by atoms with Crippen LogP contribution in [0.25, 0.3) is 0 Å². The van der Waals surface area contributed by atoms with Gasteiger partial charge in [-0.2, -0.15) is 0 Å². The molecule has 2 unspecified atom stereocenters. The molecule has 0 spiro atoms. The highest BCUT2D eigenvalue weighted by Crippen LogP contribution is 2.26. The molecule has 0 amide bonds. The Bertz CT molecular complexity index is 227. The van der Waals surface area contributed by atoms with E-state index in [9.17, 15) is 0 Å². The normalized spacial score (nSPS) is 34.9. The van der Waals surface area contributed by atoms with Crippen molar-refractivity contribution in [1.82, 2.24) is 0 Å². The van der Waals surface area contributed by atoms with Gasteiger partial charge in [0.1, 0.15) is 6.10 Å². The molecule has 1 aliphatic rings. The molecule has 1 rings (SSSR count). The maximum atomic E-state index is 5.96. The summed E-state index contributed by atoms with van der Waals surface area (Å²) in [5.41, 5.74) is 6.23. The number of hydrogen-bond acceptors (Lipinski definition) is 3. The van der Waals surface area contributed by atoms with E-state index in [-0.39, 0.29) is 6.10 Å². The lowest BCUT2D eigenvalue weighted by Gasteiger charge is -2.25. The third-order valence-electron chi connectivity index (χ3n) is 1.76. The van der Waals surface area contributed by atoms with Crippen molar-refractivity contribution < 1.29 is 9.47 Å². The number of nitrogens with two attached hydrogens (primary N) is 1. The summed E-state index contributed by atoms with van der Waals surface area (Å²) >= 11 is 5.96. The molecule has 0 aromatic rings. The molecule has 68 valence electrons. The Kier molecular flexibility index (Phi) is 2.77. The summed E-state index contributed by atoms with van der Waals surface area (Å²) in [4.78, 5) is 0. The molecule has 0 heterocycles. The quantitative estimate of drug-likeness (QED) is 0.521. The second-order valence-corrected chi connectivity index (χ2v) is 3.15. The summed E-state index contributed by atoms with van der Waals surface area (Å²) in [6.07, 6.45) is 4.92. The van der Waals surface area contributed by atoms with Gasteiger partial charge in [0.2, 0.25) is 0 Å². The lowest BCUT2D eigenvalue weighted by atomic mass is 10.1. The number of ether oxygens (including phenoxy) is 2. The number of halogens is 1. The van der Waals surface area contributed by atoms with Gasteiger partial charge in [-0.15, -0.1) is 0 Å². The second-order valence-electron chi connectivity index (χ2n) is 2.56. The lowest BCUT2D eigenvalue weighted by Crippen LogP contribution is -2.29. The highest BCUT2D eigenvalue weighted by molar-refractivity contribution is 6.25. The summed E-state index contributed by atoms with van der Waals surface area (Å²) in [6.45, 7) is 0. The first-order valence-corrected chi connectivity index (χ1v) is 3.93. The van der Waals surface area contributed by atoms with Crippen LogP contribution < -0.4 is 5.73 Å². The summed E-state index contributed by atoms with van der Waals surface area (Å²) < 4.78 is 10.1. The predicted molar refractivity (Wildman–Crippen MR) is 47.8 cm³/mol. The highest BCUT2D eigenvalue weighted by atomic mass is 35.5. The van der Waals surface area contributed by atoms with Gasteiger partial charge in [0.15, 0.2) is 5.06 Å². The van der Waals surface area contributed by atoms with Crippen molar-refractivity contribution in [3.63, 3.8) is 0 Å². The van der Waals surface area contributed by atoms with E-state index >= 15 is 0 Å². The zero-order valence-corrected chi connectivity index (χ0v) is 7.84. The zero-order valence-electron chi connectivity index (χ0n) is 7.08. The lowest BCUT2D eigenvalue weighted by molar-refractivity contribution is 0.125. The molecule has 2 N–H and O–H groups in total. The fourth-order valence-corrected chi connectivity index (χ4v) is 1.23. The molecule has 0 aliphatic heterocycles. The van der Waals surface area contributed by atoms with E-state index in [1.165, 1.54) is 7.11 Å². The Labute approximate surface area is 76.8 Å². The third-order valence-corrected chi connectivity index (χ3v) is 2.15. The maximum Gasteiger partial charge on any atom is 0.181 e. The maximum absolute atomic E-state index is 5.96. The first-order chi connectivity index (χ1) is 5.61. The van der Waals surface area contributed by atoms with Gasteiger partial charge in [-0.25, -0.2) is 0 Å². The largest absolute Gasteiger partial charge is 0.400 e. The molecule has 12 heavy (non-hydrogen) atoms. The molecule has 2 atom stereocenters. The van der Waals surface area contributed by atoms with E-state index in [2.05, 4.69) is 0 Å². The average Bonchev–Trinajstić information content (AvgIpc) is 2.05. The van der Waals surface area contributed by atoms with Gasteiger partial charge < -0.3 is 15.2 Å². The third kappa shape index (κ3) is 1.80. The van der Waals surface area contributed by atoms with E-state index in [1.54, 1.807) is 25.3 Å². The van der Waals surface area contributed by atoms with E-state index in [1.807, 2.05) is 0 Å². The molecule has 0 aromatic carbocycles. The standard InChI is InChI=1S/C8H12ClNO2/c1-11-7-3-4-8(9,12-2)5-6(7)10/h3-5,7H,10H2,1-2H3. The van der Waals surface area contributed by atoms with Crippen molar-refractivity contribution >= 4 is 11.6 Å². The van der Waals surface area contributed by atoms with Crippen molar-refractivity contribution in [2.45, 2.75) is 11.2 Å². The summed E-state index contributed by atoms with van der Waals surface area (Å²) in [6, 6.07) is 0. The highest BCUT2D eigenvalue weighted by Gasteiger charge is 2.26. The van der Waals surface area contributed by atoms with Crippen LogP contribution in [0.5, 0.6) is 0 Å². The van der Waals surface area contributed by atoms with Crippen LogP contribution in [0.2, 0.25) is 0 Å². The van der Waals surface area contributed by atoms with Crippen molar-refractivity contribution in [1.29, 1.82) is 0 Å². The first kappa shape index (κ1) is 9.58. The van der Waals surface area contributed by atoms with Gasteiger partial charge in [-0.1, -0.05) is 11.6 Å². The molecule has 1 aliphatic carbocycles. The minimum Gasteiger partial charge on any atom is -0.400 e. The van der Waals surface area contributed by atoms with Gasteiger partial charge in [-0.05, 0) is 18.2 Å². The van der Waals surface area contributed by atoms with Crippen molar-refractivity contribution in [2.24, 2.45) is 5.73 Å². The minimum absolute atomic E-state index is 0.188. The monoisotopic (exact) mass is 189 g/mol. The average molecular weight is 190 g/mol. The number of hydrogen-bond donors (Lipinski definition) is 1. The summed E-state index contributed by atoms with van der Waals surface area (Å²) in [5.74, 6) is 0. The molecular weight excluding hydrogens is 178 g/mol. The Morgan fingerprint density at radius 2 is 2.25 bits per heavy atom. The molecule has 4 heteroatoms. The van der Waals surface area contributed by atoms with E-state index in [0.717, 1.165) is 0 Å². The van der Waals surface area contributed by atoms with Crippen LogP contribution in [0.4, 0.5) is 0 Å². The molecule has 0 bridgehead atoms. The molecular formula is C8H12ClNO2. The smallest absolute Gasteiger partial charge is 0.181 e. The molecule has 0 aromatic heterocycles. The molecule has 0 radical (unpaired) electrons. The molecule has 0 saturated heterocycles. The first-order valence-electron chi connectivity index (χ1n) is 3.56. The van der Waals surface area contributed by atoms with Gasteiger partial charge in [0.05, 0.1) is 0 Å². The van der Waals surface area contributed by atoms with Crippen LogP contribution in [0.3, 0.4) is 0 Å². The molecule has 0 fully saturated rings. The Morgan fingerprint density at radius 3 is 2.67 bits per heavy atom. The van der Waals surface area contributed by atoms with Crippen molar-refractivity contribution in [3.05, 3.63) is 23.9 Å². The Hall–Kier alpha value is -0.510. The fraction of sp³-hybridized carbons (Fsp3) is 0.500. The Morgan fingerprint density at radius 1 is 1.58 bits per heavy atom. The van der Waals surface area contributed by atoms with Gasteiger partial charge >= 0.3 is 0 Å². The van der Waals surface area contributed by atoms with Crippen LogP contribution in [-0.4, -0.2) is 25.4 Å². The number of alkyl halides is 1. The predicted octanol–water partition coefficient (Wildman–Crippen LogP) is 0.995. The second kappa shape index (κ2) is 3.47. The van der Waals surface area contributed by atoms with Crippen LogP contribution >= 0.6 is 11.6 Å². The fourth-order valence-electron chi connectivity index (χ4n) is 1.03. The van der Waals surface area contributed by atoms with Gasteiger partial charge in [-0.3, -0.25) is 0 Å². The topological polar surface area (TPSA) is 44.5 Å². The van der Waals surface area contributed by atoms with Crippen LogP contribution in [0.1, 0.15) is 0 Å². The summed E-state index contributed by atoms with van der Waals surface area (Å²) in [5, 5.41) is -0.904. The minimum atomic E-state index is -0.904. The SMILES string of the molecule is COC1C=CC(Cl)(OC)C=C1N. The van der Waals surface area contributed by atoms with E-state index in [4.69, 9.17) is 26.8 Å². The van der Waals surface area contributed by atoms with Crippen LogP contribution in [0, 0.1) is 0 Å². The molecule has 0 saturated carbocycles. The molecule has 3 nitrogen and oxygen atoms in total. The van der Waals surface area contributed by atoms with E-state index < -0.39 is 5.06 Å². The van der Waals surface area contributed by atoms with E-state index in [0.29, 0.717) is 5.70 Å². The van der Waals surface area contributed by atoms with Gasteiger partial charge in [0, 0.05) is 19.9 Å². The number of rotatable bonds is 2. The number of methoxy groups -OCH3 is 2. The summed E-state index contributed by atoms with van der Waals surface area (Å²) in [7, 11) is 3.11.